The predicted octanol–water partition coefficient (Wildman–Crippen LogP) is 2.47. The maximum atomic E-state index is 11.3. The summed E-state index contributed by atoms with van der Waals surface area (Å²) in [7, 11) is -2.05. The van der Waals surface area contributed by atoms with E-state index in [0.717, 1.165) is 11.3 Å². The summed E-state index contributed by atoms with van der Waals surface area (Å²) < 4.78 is 27.8. The van der Waals surface area contributed by atoms with Gasteiger partial charge in [-0.15, -0.1) is 0 Å². The van der Waals surface area contributed by atoms with Crippen molar-refractivity contribution < 1.29 is 13.2 Å². The third kappa shape index (κ3) is 4.34. The van der Waals surface area contributed by atoms with Crippen molar-refractivity contribution in [2.24, 2.45) is 5.14 Å². The van der Waals surface area contributed by atoms with Gasteiger partial charge in [0.15, 0.2) is 0 Å². The second-order valence-corrected chi connectivity index (χ2v) is 6.16. The highest BCUT2D eigenvalue weighted by Gasteiger charge is 2.07. The number of benzene rings is 2. The number of nitrogens with one attached hydrogen (secondary N) is 1. The summed E-state index contributed by atoms with van der Waals surface area (Å²) in [6.07, 6.45) is 3.87. The van der Waals surface area contributed by atoms with Crippen LogP contribution in [-0.4, -0.2) is 22.1 Å². The van der Waals surface area contributed by atoms with E-state index < -0.39 is 10.0 Å². The smallest absolute Gasteiger partial charge is 0.238 e. The quantitative estimate of drug-likeness (QED) is 0.857. The largest absolute Gasteiger partial charge is 0.496 e. The van der Waals surface area contributed by atoms with E-state index in [4.69, 9.17) is 9.88 Å². The lowest BCUT2D eigenvalue weighted by molar-refractivity contribution is 0.414. The van der Waals surface area contributed by atoms with E-state index in [0.29, 0.717) is 12.2 Å². The van der Waals surface area contributed by atoms with Crippen LogP contribution in [0.4, 0.5) is 5.69 Å². The van der Waals surface area contributed by atoms with Crippen LogP contribution in [-0.2, 0) is 10.0 Å². The molecule has 0 unspecified atom stereocenters. The third-order valence-electron chi connectivity index (χ3n) is 3.02. The molecule has 0 aromatic heterocycles. The second kappa shape index (κ2) is 7.11. The fourth-order valence-corrected chi connectivity index (χ4v) is 2.51. The molecular formula is C16H18N2O3S. The summed E-state index contributed by atoms with van der Waals surface area (Å²) in [5.74, 6) is 0.801. The summed E-state index contributed by atoms with van der Waals surface area (Å²) in [6, 6.07) is 14.1. The number of anilines is 1. The number of sulfonamides is 1. The molecule has 5 nitrogen and oxygen atoms in total. The Balaban J connectivity index is 2.01. The molecular weight excluding hydrogens is 300 g/mol. The lowest BCUT2D eigenvalue weighted by atomic mass is 10.2. The summed E-state index contributed by atoms with van der Waals surface area (Å²) in [5, 5.41) is 8.22. The molecule has 2 aromatic rings. The first-order chi connectivity index (χ1) is 10.5. The minimum Gasteiger partial charge on any atom is -0.496 e. The number of ether oxygens (including phenoxy) is 1. The van der Waals surface area contributed by atoms with Crippen molar-refractivity contribution in [2.45, 2.75) is 4.90 Å². The van der Waals surface area contributed by atoms with E-state index >= 15 is 0 Å². The van der Waals surface area contributed by atoms with Gasteiger partial charge < -0.3 is 10.1 Å². The van der Waals surface area contributed by atoms with Gasteiger partial charge in [-0.25, -0.2) is 13.6 Å². The molecule has 0 aliphatic rings. The van der Waals surface area contributed by atoms with Crippen LogP contribution in [0.15, 0.2) is 59.5 Å². The van der Waals surface area contributed by atoms with Crippen LogP contribution in [0.2, 0.25) is 0 Å². The van der Waals surface area contributed by atoms with E-state index in [1.54, 1.807) is 19.2 Å². The highest BCUT2D eigenvalue weighted by Crippen LogP contribution is 2.18. The first kappa shape index (κ1) is 16.1. The topological polar surface area (TPSA) is 81.4 Å². The van der Waals surface area contributed by atoms with E-state index in [1.165, 1.54) is 12.1 Å². The summed E-state index contributed by atoms with van der Waals surface area (Å²) in [6.45, 7) is 0.548. The fourth-order valence-electron chi connectivity index (χ4n) is 1.95. The van der Waals surface area contributed by atoms with Crippen molar-refractivity contribution in [3.63, 3.8) is 0 Å². The van der Waals surface area contributed by atoms with Crippen LogP contribution in [0.25, 0.3) is 6.08 Å². The molecule has 22 heavy (non-hydrogen) atoms. The maximum absolute atomic E-state index is 11.3. The van der Waals surface area contributed by atoms with Gasteiger partial charge in [0.05, 0.1) is 12.0 Å². The molecule has 2 rings (SSSR count). The molecule has 0 fully saturated rings. The van der Waals surface area contributed by atoms with Gasteiger partial charge in [-0.05, 0) is 24.3 Å². The van der Waals surface area contributed by atoms with Gasteiger partial charge in [-0.2, -0.15) is 0 Å². The van der Waals surface area contributed by atoms with E-state index in [9.17, 15) is 8.42 Å². The average Bonchev–Trinajstić information content (AvgIpc) is 2.51. The third-order valence-corrected chi connectivity index (χ3v) is 3.93. The molecule has 0 saturated carbocycles. The first-order valence-electron chi connectivity index (χ1n) is 6.67. The van der Waals surface area contributed by atoms with Gasteiger partial charge in [0.2, 0.25) is 10.0 Å². The molecule has 116 valence electrons. The number of methoxy groups -OCH3 is 1. The molecule has 0 radical (unpaired) electrons. The minimum absolute atomic E-state index is 0.0891. The molecule has 3 N–H and O–H groups in total. The van der Waals surface area contributed by atoms with Gasteiger partial charge in [0.25, 0.3) is 0 Å². The number of primary sulfonamides is 1. The fraction of sp³-hybridized carbons (Fsp3) is 0.125. The number of nitrogens with two attached hydrogens (primary N) is 1. The summed E-state index contributed by atoms with van der Waals surface area (Å²) >= 11 is 0. The van der Waals surface area contributed by atoms with Gasteiger partial charge in [-0.3, -0.25) is 0 Å². The Morgan fingerprint density at radius 2 is 1.95 bits per heavy atom. The Hall–Kier alpha value is -2.31. The Morgan fingerprint density at radius 1 is 1.18 bits per heavy atom. The summed E-state index contributed by atoms with van der Waals surface area (Å²) in [5.41, 5.74) is 1.67. The van der Waals surface area contributed by atoms with Crippen LogP contribution in [0.3, 0.4) is 0 Å². The standard InChI is InChI=1S/C16H18N2O3S/c1-21-16-10-3-2-6-13(16)7-5-11-18-14-8-4-9-15(12-14)22(17,19)20/h2-10,12,18H,11H2,1H3,(H2,17,19,20). The number of para-hydroxylation sites is 1. The van der Waals surface area contributed by atoms with Crippen molar-refractivity contribution in [3.8, 4) is 5.75 Å². The molecule has 0 atom stereocenters. The van der Waals surface area contributed by atoms with E-state index in [2.05, 4.69) is 5.32 Å². The van der Waals surface area contributed by atoms with Crippen molar-refractivity contribution in [3.05, 3.63) is 60.2 Å². The van der Waals surface area contributed by atoms with Gasteiger partial charge >= 0.3 is 0 Å². The lowest BCUT2D eigenvalue weighted by Gasteiger charge is -2.06. The monoisotopic (exact) mass is 318 g/mol. The molecule has 2 aromatic carbocycles. The highest BCUT2D eigenvalue weighted by molar-refractivity contribution is 7.89. The molecule has 0 saturated heterocycles. The molecule has 0 aliphatic heterocycles. The molecule has 0 bridgehead atoms. The highest BCUT2D eigenvalue weighted by atomic mass is 32.2. The van der Waals surface area contributed by atoms with Crippen molar-refractivity contribution in [2.75, 3.05) is 19.0 Å². The predicted molar refractivity (Wildman–Crippen MR) is 88.3 cm³/mol. The molecule has 0 heterocycles. The lowest BCUT2D eigenvalue weighted by Crippen LogP contribution is -2.12. The molecule has 0 aliphatic carbocycles. The number of hydrogen-bond acceptors (Lipinski definition) is 4. The van der Waals surface area contributed by atoms with Crippen LogP contribution >= 0.6 is 0 Å². The zero-order chi connectivity index (χ0) is 16.0. The molecule has 6 heteroatoms. The van der Waals surface area contributed by atoms with Crippen LogP contribution in [0.1, 0.15) is 5.56 Å². The molecule has 0 amide bonds. The Bertz CT molecular complexity index is 770. The van der Waals surface area contributed by atoms with Crippen LogP contribution < -0.4 is 15.2 Å². The van der Waals surface area contributed by atoms with Crippen LogP contribution in [0.5, 0.6) is 5.75 Å². The van der Waals surface area contributed by atoms with Gasteiger partial charge in [0, 0.05) is 17.8 Å². The SMILES string of the molecule is COc1ccccc1C=CCNc1cccc(S(N)(=O)=O)c1. The Kier molecular flexibility index (Phi) is 5.19. The number of hydrogen-bond donors (Lipinski definition) is 2. The molecule has 0 spiro atoms. The maximum Gasteiger partial charge on any atom is 0.238 e. The summed E-state index contributed by atoms with van der Waals surface area (Å²) in [4.78, 5) is 0.0891. The average molecular weight is 318 g/mol. The Morgan fingerprint density at radius 3 is 2.68 bits per heavy atom. The zero-order valence-electron chi connectivity index (χ0n) is 12.2. The van der Waals surface area contributed by atoms with Crippen molar-refractivity contribution >= 4 is 21.8 Å². The minimum atomic E-state index is -3.68. The van der Waals surface area contributed by atoms with Gasteiger partial charge in [-0.1, -0.05) is 36.4 Å². The van der Waals surface area contributed by atoms with Crippen LogP contribution in [0, 0.1) is 0 Å². The second-order valence-electron chi connectivity index (χ2n) is 4.60. The van der Waals surface area contributed by atoms with Crippen molar-refractivity contribution in [1.82, 2.24) is 0 Å². The zero-order valence-corrected chi connectivity index (χ0v) is 13.0. The van der Waals surface area contributed by atoms with Crippen molar-refractivity contribution in [1.29, 1.82) is 0 Å². The first-order valence-corrected chi connectivity index (χ1v) is 8.21. The van der Waals surface area contributed by atoms with E-state index in [-0.39, 0.29) is 4.90 Å². The van der Waals surface area contributed by atoms with Gasteiger partial charge in [0.1, 0.15) is 5.75 Å². The number of rotatable bonds is 6. The Labute approximate surface area is 130 Å². The van der Waals surface area contributed by atoms with E-state index in [1.807, 2.05) is 36.4 Å². The normalized spacial score (nSPS) is 11.5.